The molecule has 3 aromatic carbocycles. The zero-order valence-corrected chi connectivity index (χ0v) is 21.1. The van der Waals surface area contributed by atoms with E-state index in [0.29, 0.717) is 5.56 Å². The van der Waals surface area contributed by atoms with Gasteiger partial charge >= 0.3 is 0 Å². The van der Waals surface area contributed by atoms with Crippen molar-refractivity contribution in [2.24, 2.45) is 0 Å². The molecular weight excluding hydrogens is 450 g/mol. The van der Waals surface area contributed by atoms with Gasteiger partial charge < -0.3 is 14.7 Å². The van der Waals surface area contributed by atoms with E-state index in [1.54, 1.807) is 11.0 Å². The summed E-state index contributed by atoms with van der Waals surface area (Å²) in [5.41, 5.74) is 4.44. The molecule has 0 radical (unpaired) electrons. The van der Waals surface area contributed by atoms with Crippen LogP contribution in [0.25, 0.3) is 5.76 Å². The fourth-order valence-electron chi connectivity index (χ4n) is 5.06. The van der Waals surface area contributed by atoms with Gasteiger partial charge in [0.1, 0.15) is 17.6 Å². The molecular formula is C31H31NO4. The molecule has 5 rings (SSSR count). The lowest BCUT2D eigenvalue weighted by atomic mass is 9.85. The minimum Gasteiger partial charge on any atom is -0.507 e. The van der Waals surface area contributed by atoms with Crippen LogP contribution in [-0.2, 0) is 28.0 Å². The molecule has 1 fully saturated rings. The molecule has 1 saturated heterocycles. The third kappa shape index (κ3) is 4.30. The summed E-state index contributed by atoms with van der Waals surface area (Å²) in [6, 6.07) is 22.3. The zero-order chi connectivity index (χ0) is 25.6. The largest absolute Gasteiger partial charge is 0.507 e. The fourth-order valence-corrected chi connectivity index (χ4v) is 5.06. The van der Waals surface area contributed by atoms with Crippen LogP contribution >= 0.6 is 0 Å². The molecule has 184 valence electrons. The number of aliphatic hydroxyl groups excluding tert-OH is 1. The Balaban J connectivity index is 1.62. The first kappa shape index (κ1) is 23.9. The Morgan fingerprint density at radius 3 is 2.36 bits per heavy atom. The first-order chi connectivity index (χ1) is 17.1. The van der Waals surface area contributed by atoms with Crippen molar-refractivity contribution in [1.29, 1.82) is 0 Å². The number of benzene rings is 3. The number of Topliss-reactive ketones (excluding diaryl/α,β-unsaturated/α-hetero) is 1. The van der Waals surface area contributed by atoms with Gasteiger partial charge in [0.25, 0.3) is 11.7 Å². The molecule has 2 aliphatic rings. The smallest absolute Gasteiger partial charge is 0.295 e. The topological polar surface area (TPSA) is 66.8 Å². The molecule has 0 bridgehead atoms. The summed E-state index contributed by atoms with van der Waals surface area (Å²) in [6.07, 6.45) is 0.798. The third-order valence-electron chi connectivity index (χ3n) is 7.00. The summed E-state index contributed by atoms with van der Waals surface area (Å²) in [5, 5.41) is 11.4. The van der Waals surface area contributed by atoms with Crippen molar-refractivity contribution >= 4 is 17.4 Å². The summed E-state index contributed by atoms with van der Waals surface area (Å²) in [5.74, 6) is -0.643. The van der Waals surface area contributed by atoms with Gasteiger partial charge in [-0.1, -0.05) is 75.4 Å². The van der Waals surface area contributed by atoms with Gasteiger partial charge in [-0.15, -0.1) is 0 Å². The molecule has 1 amide bonds. The molecule has 2 heterocycles. The van der Waals surface area contributed by atoms with Gasteiger partial charge in [0.15, 0.2) is 0 Å². The number of nitrogens with zero attached hydrogens (tertiary/aromatic N) is 1. The first-order valence-corrected chi connectivity index (χ1v) is 12.4. The molecule has 0 saturated carbocycles. The second-order valence-corrected chi connectivity index (χ2v) is 10.7. The van der Waals surface area contributed by atoms with E-state index in [4.69, 9.17) is 4.74 Å². The van der Waals surface area contributed by atoms with Gasteiger partial charge in [-0.05, 0) is 52.8 Å². The van der Waals surface area contributed by atoms with E-state index in [1.807, 2.05) is 73.7 Å². The number of ether oxygens (including phenoxy) is 1. The second-order valence-electron chi connectivity index (χ2n) is 10.7. The lowest BCUT2D eigenvalue weighted by molar-refractivity contribution is -0.140. The average molecular weight is 482 g/mol. The highest BCUT2D eigenvalue weighted by Gasteiger charge is 2.46. The summed E-state index contributed by atoms with van der Waals surface area (Å²) in [6.45, 7) is 8.69. The first-order valence-electron chi connectivity index (χ1n) is 12.4. The van der Waals surface area contributed by atoms with Crippen molar-refractivity contribution in [3.63, 3.8) is 0 Å². The summed E-state index contributed by atoms with van der Waals surface area (Å²) in [7, 11) is 0. The fraction of sp³-hybridized carbons (Fsp3) is 0.290. The average Bonchev–Trinajstić information content (AvgIpc) is 3.35. The molecule has 5 nitrogen and oxygen atoms in total. The predicted octanol–water partition coefficient (Wildman–Crippen LogP) is 5.93. The van der Waals surface area contributed by atoms with Crippen molar-refractivity contribution in [3.8, 4) is 5.75 Å². The van der Waals surface area contributed by atoms with Crippen LogP contribution in [0, 0.1) is 0 Å². The lowest BCUT2D eigenvalue weighted by Gasteiger charge is -2.26. The number of rotatable bonds is 4. The minimum absolute atomic E-state index is 0.0337. The van der Waals surface area contributed by atoms with Gasteiger partial charge in [-0.25, -0.2) is 0 Å². The van der Waals surface area contributed by atoms with E-state index >= 15 is 0 Å². The van der Waals surface area contributed by atoms with Gasteiger partial charge in [-0.2, -0.15) is 0 Å². The monoisotopic (exact) mass is 481 g/mol. The number of likely N-dealkylation sites (tertiary alicyclic amines) is 1. The van der Waals surface area contributed by atoms with E-state index < -0.39 is 17.7 Å². The van der Waals surface area contributed by atoms with E-state index in [1.165, 1.54) is 0 Å². The van der Waals surface area contributed by atoms with E-state index in [9.17, 15) is 14.7 Å². The third-order valence-corrected chi connectivity index (χ3v) is 7.00. The van der Waals surface area contributed by atoms with E-state index in [0.717, 1.165) is 34.4 Å². The van der Waals surface area contributed by atoms with Gasteiger partial charge in [-0.3, -0.25) is 9.59 Å². The normalized spacial score (nSPS) is 20.9. The molecule has 2 aliphatic heterocycles. The number of hydrogen-bond acceptors (Lipinski definition) is 4. The van der Waals surface area contributed by atoms with Crippen LogP contribution in [-0.4, -0.2) is 27.8 Å². The number of carbonyl (C=O) groups excluding carboxylic acids is 2. The molecule has 0 aromatic heterocycles. The number of ketones is 1. The molecule has 5 heteroatoms. The quantitative estimate of drug-likeness (QED) is 0.285. The van der Waals surface area contributed by atoms with Crippen LogP contribution in [0.1, 0.15) is 61.6 Å². The maximum Gasteiger partial charge on any atom is 0.295 e. The van der Waals surface area contributed by atoms with Crippen LogP contribution in [0.5, 0.6) is 5.75 Å². The van der Waals surface area contributed by atoms with E-state index in [-0.39, 0.29) is 29.4 Å². The van der Waals surface area contributed by atoms with Crippen LogP contribution in [0.2, 0.25) is 0 Å². The van der Waals surface area contributed by atoms with Crippen molar-refractivity contribution in [2.75, 3.05) is 0 Å². The highest BCUT2D eigenvalue weighted by atomic mass is 16.5. The zero-order valence-electron chi connectivity index (χ0n) is 21.1. The number of fused-ring (bicyclic) bond motifs is 1. The predicted molar refractivity (Wildman–Crippen MR) is 140 cm³/mol. The van der Waals surface area contributed by atoms with Crippen LogP contribution < -0.4 is 4.74 Å². The van der Waals surface area contributed by atoms with Crippen LogP contribution in [0.15, 0.2) is 78.4 Å². The Kier molecular flexibility index (Phi) is 5.95. The highest BCUT2D eigenvalue weighted by molar-refractivity contribution is 6.46. The Labute approximate surface area is 212 Å². The molecule has 2 atom stereocenters. The van der Waals surface area contributed by atoms with Gasteiger partial charge in [0, 0.05) is 18.5 Å². The molecule has 2 unspecified atom stereocenters. The van der Waals surface area contributed by atoms with Crippen molar-refractivity contribution < 1.29 is 19.4 Å². The summed E-state index contributed by atoms with van der Waals surface area (Å²) in [4.78, 5) is 28.3. The summed E-state index contributed by atoms with van der Waals surface area (Å²) < 4.78 is 5.79. The van der Waals surface area contributed by atoms with Crippen LogP contribution in [0.4, 0.5) is 0 Å². The molecule has 0 spiro atoms. The minimum atomic E-state index is -0.692. The van der Waals surface area contributed by atoms with Crippen molar-refractivity contribution in [3.05, 3.63) is 106 Å². The Morgan fingerprint density at radius 1 is 1.00 bits per heavy atom. The maximum atomic E-state index is 13.4. The lowest BCUT2D eigenvalue weighted by Crippen LogP contribution is -2.29. The number of aliphatic hydroxyl groups is 1. The van der Waals surface area contributed by atoms with Crippen molar-refractivity contribution in [2.45, 2.75) is 58.2 Å². The molecule has 0 aliphatic carbocycles. The SMILES string of the molecule is CC1Cc2cc(C(O)=C3C(=O)C(=O)N(Cc4ccccc4)C3c3ccc(C(C)(C)C)cc3)ccc2O1. The number of hydrogen-bond donors (Lipinski definition) is 1. The Hall–Kier alpha value is -3.86. The van der Waals surface area contributed by atoms with E-state index in [2.05, 4.69) is 20.8 Å². The van der Waals surface area contributed by atoms with Gasteiger partial charge in [0.05, 0.1) is 11.6 Å². The van der Waals surface area contributed by atoms with Crippen LogP contribution in [0.3, 0.4) is 0 Å². The number of amides is 1. The maximum absolute atomic E-state index is 13.4. The molecule has 3 aromatic rings. The standard InChI is InChI=1S/C31H31NO4/c1-19-16-23-17-22(12-15-25(23)36-19)28(33)26-27(21-10-13-24(14-11-21)31(2,3)4)32(30(35)29(26)34)18-20-8-6-5-7-9-20/h5-15,17,19,27,33H,16,18H2,1-4H3. The Morgan fingerprint density at radius 2 is 1.69 bits per heavy atom. The highest BCUT2D eigenvalue weighted by Crippen LogP contribution is 2.41. The second kappa shape index (κ2) is 8.98. The van der Waals surface area contributed by atoms with Gasteiger partial charge in [0.2, 0.25) is 0 Å². The molecule has 36 heavy (non-hydrogen) atoms. The molecule has 1 N–H and O–H groups in total. The summed E-state index contributed by atoms with van der Waals surface area (Å²) >= 11 is 0. The Bertz CT molecular complexity index is 1350. The van der Waals surface area contributed by atoms with Crippen molar-refractivity contribution in [1.82, 2.24) is 4.90 Å². The number of carbonyl (C=O) groups is 2.